The molecule has 1 aliphatic heterocycles. The van der Waals surface area contributed by atoms with Crippen LogP contribution in [0.1, 0.15) is 31.4 Å². The van der Waals surface area contributed by atoms with Gasteiger partial charge in [0.25, 0.3) is 5.91 Å². The van der Waals surface area contributed by atoms with Crippen molar-refractivity contribution in [1.82, 2.24) is 10.2 Å². The van der Waals surface area contributed by atoms with Crippen molar-refractivity contribution in [2.75, 3.05) is 17.2 Å². The number of anilines is 2. The van der Waals surface area contributed by atoms with Crippen LogP contribution in [0.2, 0.25) is 0 Å². The summed E-state index contributed by atoms with van der Waals surface area (Å²) < 4.78 is 13.2. The highest BCUT2D eigenvalue weighted by atomic mass is 19.1. The van der Waals surface area contributed by atoms with Gasteiger partial charge in [-0.25, -0.2) is 9.18 Å². The fraction of sp³-hybridized carbons (Fsp3) is 0.273. The molecule has 0 radical (unpaired) electrons. The predicted molar refractivity (Wildman–Crippen MR) is 113 cm³/mol. The Labute approximate surface area is 178 Å². The van der Waals surface area contributed by atoms with E-state index in [1.54, 1.807) is 32.0 Å². The maximum absolute atomic E-state index is 13.2. The van der Waals surface area contributed by atoms with Crippen molar-refractivity contribution in [3.05, 3.63) is 59.4 Å². The van der Waals surface area contributed by atoms with Crippen molar-refractivity contribution in [3.63, 3.8) is 0 Å². The zero-order valence-corrected chi connectivity index (χ0v) is 17.4. The van der Waals surface area contributed by atoms with E-state index in [0.29, 0.717) is 23.4 Å². The van der Waals surface area contributed by atoms with E-state index in [9.17, 15) is 23.6 Å². The lowest BCUT2D eigenvalue weighted by Crippen LogP contribution is -2.42. The van der Waals surface area contributed by atoms with Gasteiger partial charge in [0.05, 0.1) is 0 Å². The number of amides is 5. The Balaban J connectivity index is 1.73. The van der Waals surface area contributed by atoms with Crippen molar-refractivity contribution < 1.29 is 23.6 Å². The van der Waals surface area contributed by atoms with Crippen LogP contribution < -0.4 is 16.0 Å². The minimum Gasteiger partial charge on any atom is -0.326 e. The number of nitrogens with one attached hydrogen (secondary N) is 3. The Kier molecular flexibility index (Phi) is 6.05. The van der Waals surface area contributed by atoms with Crippen LogP contribution in [0.25, 0.3) is 0 Å². The molecule has 2 aromatic carbocycles. The van der Waals surface area contributed by atoms with Crippen LogP contribution in [0.4, 0.5) is 20.6 Å². The maximum Gasteiger partial charge on any atom is 0.325 e. The van der Waals surface area contributed by atoms with Gasteiger partial charge in [-0.2, -0.15) is 0 Å². The van der Waals surface area contributed by atoms with Gasteiger partial charge in [0, 0.05) is 17.8 Å². The molecule has 5 amide bonds. The van der Waals surface area contributed by atoms with Gasteiger partial charge in [-0.15, -0.1) is 0 Å². The predicted octanol–water partition coefficient (Wildman–Crippen LogP) is 2.89. The molecule has 0 aliphatic carbocycles. The summed E-state index contributed by atoms with van der Waals surface area (Å²) in [7, 11) is 0. The Bertz CT molecular complexity index is 1050. The normalized spacial score (nSPS) is 18.0. The number of carbonyl (C=O) groups excluding carboxylic acids is 4. The van der Waals surface area contributed by atoms with Gasteiger partial charge in [-0.1, -0.05) is 25.1 Å². The van der Waals surface area contributed by atoms with Gasteiger partial charge < -0.3 is 16.0 Å². The summed E-state index contributed by atoms with van der Waals surface area (Å²) in [5.41, 5.74) is 0.728. The van der Waals surface area contributed by atoms with Crippen molar-refractivity contribution >= 4 is 35.1 Å². The van der Waals surface area contributed by atoms with E-state index >= 15 is 0 Å². The average Bonchev–Trinajstić information content (AvgIpc) is 2.94. The number of carbonyl (C=O) groups is 4. The molecule has 1 atom stereocenters. The summed E-state index contributed by atoms with van der Waals surface area (Å²) in [6, 6.07) is 9.56. The summed E-state index contributed by atoms with van der Waals surface area (Å²) >= 11 is 0. The topological polar surface area (TPSA) is 108 Å². The molecule has 162 valence electrons. The zero-order valence-electron chi connectivity index (χ0n) is 17.4. The third kappa shape index (κ3) is 4.55. The Morgan fingerprint density at radius 2 is 1.74 bits per heavy atom. The summed E-state index contributed by atoms with van der Waals surface area (Å²) in [6.45, 7) is 4.51. The fourth-order valence-electron chi connectivity index (χ4n) is 3.24. The molecule has 0 spiro atoms. The number of hydrogen-bond donors (Lipinski definition) is 3. The zero-order chi connectivity index (χ0) is 22.8. The quantitative estimate of drug-likeness (QED) is 0.618. The Morgan fingerprint density at radius 3 is 2.39 bits per heavy atom. The highest BCUT2D eigenvalue weighted by Gasteiger charge is 2.49. The van der Waals surface area contributed by atoms with Crippen molar-refractivity contribution in [2.24, 2.45) is 0 Å². The molecule has 0 aromatic heterocycles. The second-order valence-corrected chi connectivity index (χ2v) is 7.43. The average molecular weight is 426 g/mol. The van der Waals surface area contributed by atoms with Crippen molar-refractivity contribution in [3.8, 4) is 0 Å². The highest BCUT2D eigenvalue weighted by Crippen LogP contribution is 2.29. The molecule has 1 saturated heterocycles. The van der Waals surface area contributed by atoms with Crippen LogP contribution >= 0.6 is 0 Å². The van der Waals surface area contributed by atoms with Gasteiger partial charge in [0.15, 0.2) is 0 Å². The van der Waals surface area contributed by atoms with E-state index in [0.717, 1.165) is 10.5 Å². The third-order valence-electron chi connectivity index (χ3n) is 5.11. The molecule has 31 heavy (non-hydrogen) atoms. The van der Waals surface area contributed by atoms with E-state index < -0.39 is 35.7 Å². The molecule has 0 saturated carbocycles. The van der Waals surface area contributed by atoms with E-state index in [1.165, 1.54) is 31.2 Å². The number of rotatable bonds is 6. The van der Waals surface area contributed by atoms with E-state index in [2.05, 4.69) is 16.0 Å². The lowest BCUT2D eigenvalue weighted by molar-refractivity contribution is -0.133. The summed E-state index contributed by atoms with van der Waals surface area (Å²) in [5.74, 6) is -1.82. The lowest BCUT2D eigenvalue weighted by Gasteiger charge is -2.22. The van der Waals surface area contributed by atoms with Crippen LogP contribution in [-0.2, 0) is 19.9 Å². The minimum atomic E-state index is -1.40. The summed E-state index contributed by atoms with van der Waals surface area (Å²) in [6.07, 6.45) is 0.314. The van der Waals surface area contributed by atoms with Crippen LogP contribution in [0.5, 0.6) is 0 Å². The number of hydrogen-bond acceptors (Lipinski definition) is 4. The first-order chi connectivity index (χ1) is 14.6. The van der Waals surface area contributed by atoms with Gasteiger partial charge >= 0.3 is 6.03 Å². The first kappa shape index (κ1) is 21.9. The number of benzene rings is 2. The molecule has 3 rings (SSSR count). The molecule has 2 aromatic rings. The van der Waals surface area contributed by atoms with E-state index in [4.69, 9.17) is 0 Å². The maximum atomic E-state index is 13.2. The summed E-state index contributed by atoms with van der Waals surface area (Å²) in [4.78, 5) is 50.3. The Morgan fingerprint density at radius 1 is 1.06 bits per heavy atom. The first-order valence-electron chi connectivity index (χ1n) is 9.74. The monoisotopic (exact) mass is 426 g/mol. The molecule has 8 nitrogen and oxygen atoms in total. The molecular weight excluding hydrogens is 403 g/mol. The van der Waals surface area contributed by atoms with Crippen LogP contribution in [0, 0.1) is 12.7 Å². The molecule has 1 unspecified atom stereocenters. The molecule has 1 aliphatic rings. The molecule has 3 N–H and O–H groups in total. The smallest absolute Gasteiger partial charge is 0.325 e. The van der Waals surface area contributed by atoms with Gasteiger partial charge in [0.2, 0.25) is 11.8 Å². The number of imide groups is 1. The van der Waals surface area contributed by atoms with Crippen molar-refractivity contribution in [1.29, 1.82) is 0 Å². The number of urea groups is 1. The second kappa shape index (κ2) is 8.55. The van der Waals surface area contributed by atoms with Crippen molar-refractivity contribution in [2.45, 2.75) is 32.7 Å². The summed E-state index contributed by atoms with van der Waals surface area (Å²) in [5, 5.41) is 7.95. The van der Waals surface area contributed by atoms with Gasteiger partial charge in [-0.05, 0) is 49.2 Å². The number of aryl methyl sites for hydroxylation is 1. The molecule has 0 bridgehead atoms. The lowest BCUT2D eigenvalue weighted by atomic mass is 9.92. The second-order valence-electron chi connectivity index (χ2n) is 7.43. The standard InChI is InChI=1S/C22H23FN4O4/c1-4-18(28)24-16-10-5-13(2)17(11-16)25-19(29)12-27-20(30)22(3,26-21(27)31)14-6-8-15(23)9-7-14/h5-11H,4,12H2,1-3H3,(H,24,28)(H,25,29)(H,26,31). The van der Waals surface area contributed by atoms with Crippen LogP contribution in [-0.4, -0.2) is 35.2 Å². The van der Waals surface area contributed by atoms with E-state index in [1.807, 2.05) is 0 Å². The van der Waals surface area contributed by atoms with Gasteiger partial charge in [0.1, 0.15) is 17.9 Å². The molecule has 1 heterocycles. The third-order valence-corrected chi connectivity index (χ3v) is 5.11. The fourth-order valence-corrected chi connectivity index (χ4v) is 3.24. The Hall–Kier alpha value is -3.75. The molecule has 1 fully saturated rings. The molecular formula is C22H23FN4O4. The first-order valence-corrected chi connectivity index (χ1v) is 9.74. The van der Waals surface area contributed by atoms with Gasteiger partial charge in [-0.3, -0.25) is 19.3 Å². The van der Waals surface area contributed by atoms with Crippen LogP contribution in [0.15, 0.2) is 42.5 Å². The molecule has 9 heteroatoms. The highest BCUT2D eigenvalue weighted by molar-refractivity contribution is 6.10. The van der Waals surface area contributed by atoms with E-state index in [-0.39, 0.29) is 5.91 Å². The number of halogens is 1. The minimum absolute atomic E-state index is 0.166. The number of nitrogens with zero attached hydrogens (tertiary/aromatic N) is 1. The van der Waals surface area contributed by atoms with Crippen LogP contribution in [0.3, 0.4) is 0 Å². The largest absolute Gasteiger partial charge is 0.326 e. The SMILES string of the molecule is CCC(=O)Nc1ccc(C)c(NC(=O)CN2C(=O)NC(C)(c3ccc(F)cc3)C2=O)c1.